The summed E-state index contributed by atoms with van der Waals surface area (Å²) in [5.41, 5.74) is 4.29. The number of hydrogen-bond donors (Lipinski definition) is 2. The van der Waals surface area contributed by atoms with Crippen molar-refractivity contribution in [3.63, 3.8) is 0 Å². The van der Waals surface area contributed by atoms with E-state index in [0.29, 0.717) is 18.9 Å². The predicted molar refractivity (Wildman–Crippen MR) is 117 cm³/mol. The third-order valence-electron chi connectivity index (χ3n) is 5.29. The lowest BCUT2D eigenvalue weighted by Gasteiger charge is -2.15. The van der Waals surface area contributed by atoms with E-state index in [4.69, 9.17) is 4.74 Å². The van der Waals surface area contributed by atoms with Gasteiger partial charge >= 0.3 is 0 Å². The molecular formula is C24H23N3O3. The van der Waals surface area contributed by atoms with Crippen molar-refractivity contribution in [2.24, 2.45) is 11.0 Å². The Morgan fingerprint density at radius 2 is 1.90 bits per heavy atom. The summed E-state index contributed by atoms with van der Waals surface area (Å²) >= 11 is 0. The van der Waals surface area contributed by atoms with E-state index in [-0.39, 0.29) is 11.8 Å². The summed E-state index contributed by atoms with van der Waals surface area (Å²) < 4.78 is 5.73. The number of rotatable bonds is 6. The van der Waals surface area contributed by atoms with Gasteiger partial charge in [0.1, 0.15) is 11.7 Å². The van der Waals surface area contributed by atoms with Crippen molar-refractivity contribution in [2.45, 2.75) is 12.8 Å². The third-order valence-corrected chi connectivity index (χ3v) is 5.29. The third kappa shape index (κ3) is 3.89. The molecule has 1 saturated heterocycles. The highest BCUT2D eigenvalue weighted by molar-refractivity contribution is 6.05. The van der Waals surface area contributed by atoms with Gasteiger partial charge in [-0.3, -0.25) is 9.59 Å². The van der Waals surface area contributed by atoms with Crippen molar-refractivity contribution < 1.29 is 14.3 Å². The molecule has 3 aromatic carbocycles. The molecule has 0 bridgehead atoms. The molecule has 0 saturated carbocycles. The highest BCUT2D eigenvalue weighted by Crippen LogP contribution is 2.29. The van der Waals surface area contributed by atoms with Gasteiger partial charge in [0.15, 0.2) is 0 Å². The Morgan fingerprint density at radius 3 is 2.70 bits per heavy atom. The maximum Gasteiger partial charge on any atom is 0.253 e. The van der Waals surface area contributed by atoms with Gasteiger partial charge in [0, 0.05) is 18.0 Å². The van der Waals surface area contributed by atoms with E-state index < -0.39 is 11.8 Å². The summed E-state index contributed by atoms with van der Waals surface area (Å²) in [6.07, 6.45) is 1.58. The molecule has 0 aliphatic carbocycles. The molecule has 1 heterocycles. The minimum atomic E-state index is -0.816. The van der Waals surface area contributed by atoms with Gasteiger partial charge in [-0.25, -0.2) is 5.43 Å². The van der Waals surface area contributed by atoms with Crippen LogP contribution < -0.4 is 15.5 Å². The van der Waals surface area contributed by atoms with Crippen LogP contribution in [0.25, 0.3) is 10.8 Å². The van der Waals surface area contributed by atoms with Crippen molar-refractivity contribution in [1.82, 2.24) is 10.7 Å². The van der Waals surface area contributed by atoms with E-state index in [1.54, 1.807) is 6.21 Å². The van der Waals surface area contributed by atoms with Gasteiger partial charge in [-0.15, -0.1) is 0 Å². The molecule has 6 heteroatoms. The number of hydrogen-bond acceptors (Lipinski definition) is 4. The molecule has 2 N–H and O–H groups in total. The number of amides is 2. The van der Waals surface area contributed by atoms with Crippen LogP contribution in [-0.4, -0.2) is 31.2 Å². The van der Waals surface area contributed by atoms with Crippen molar-refractivity contribution in [2.75, 3.05) is 13.2 Å². The molecule has 152 valence electrons. The molecule has 3 aromatic rings. The topological polar surface area (TPSA) is 79.8 Å². The fourth-order valence-electron chi connectivity index (χ4n) is 3.85. The molecule has 30 heavy (non-hydrogen) atoms. The normalized spacial score (nSPS) is 18.5. The van der Waals surface area contributed by atoms with Crippen LogP contribution in [0.2, 0.25) is 0 Å². The van der Waals surface area contributed by atoms with Crippen LogP contribution in [0.3, 0.4) is 0 Å². The molecule has 0 spiro atoms. The van der Waals surface area contributed by atoms with Crippen LogP contribution in [0, 0.1) is 5.92 Å². The second-order valence-corrected chi connectivity index (χ2v) is 7.11. The fourth-order valence-corrected chi connectivity index (χ4v) is 3.85. The molecule has 0 aromatic heterocycles. The first-order valence-electron chi connectivity index (χ1n) is 9.99. The zero-order chi connectivity index (χ0) is 20.9. The molecule has 0 radical (unpaired) electrons. The smallest absolute Gasteiger partial charge is 0.253 e. The summed E-state index contributed by atoms with van der Waals surface area (Å²) in [4.78, 5) is 25.1. The van der Waals surface area contributed by atoms with Gasteiger partial charge in [-0.2, -0.15) is 5.10 Å². The van der Waals surface area contributed by atoms with E-state index in [0.717, 1.165) is 21.9 Å². The Hall–Kier alpha value is -3.67. The first-order chi connectivity index (χ1) is 14.7. The van der Waals surface area contributed by atoms with E-state index in [1.807, 2.05) is 73.7 Å². The maximum atomic E-state index is 12.8. The SMILES string of the molecule is CCOc1ccc2ccccc2c1/C=N/NC(=O)C1C(=O)NCC1c1ccccc1. The number of carbonyl (C=O) groups excluding carboxylic acids is 2. The average Bonchev–Trinajstić information content (AvgIpc) is 3.17. The lowest BCUT2D eigenvalue weighted by Crippen LogP contribution is -2.34. The molecule has 2 unspecified atom stereocenters. The number of ether oxygens (including phenoxy) is 1. The zero-order valence-electron chi connectivity index (χ0n) is 16.7. The largest absolute Gasteiger partial charge is 0.493 e. The Balaban J connectivity index is 1.56. The van der Waals surface area contributed by atoms with Crippen LogP contribution in [0.4, 0.5) is 0 Å². The molecule has 1 fully saturated rings. The Morgan fingerprint density at radius 1 is 1.13 bits per heavy atom. The first-order valence-corrected chi connectivity index (χ1v) is 9.99. The quantitative estimate of drug-likeness (QED) is 0.378. The first kappa shape index (κ1) is 19.6. The van der Waals surface area contributed by atoms with Crippen LogP contribution in [-0.2, 0) is 9.59 Å². The molecule has 2 atom stereocenters. The predicted octanol–water partition coefficient (Wildman–Crippen LogP) is 3.22. The molecule has 4 rings (SSSR count). The van der Waals surface area contributed by atoms with Gasteiger partial charge in [0.2, 0.25) is 5.91 Å². The van der Waals surface area contributed by atoms with Gasteiger partial charge in [0.25, 0.3) is 5.91 Å². The summed E-state index contributed by atoms with van der Waals surface area (Å²) in [6.45, 7) is 2.87. The summed E-state index contributed by atoms with van der Waals surface area (Å²) in [7, 11) is 0. The number of benzene rings is 3. The van der Waals surface area contributed by atoms with Crippen molar-refractivity contribution in [3.8, 4) is 5.75 Å². The maximum absolute atomic E-state index is 12.8. The summed E-state index contributed by atoms with van der Waals surface area (Å²) in [5.74, 6) is -1.05. The van der Waals surface area contributed by atoms with E-state index in [2.05, 4.69) is 15.8 Å². The molecule has 2 amide bonds. The van der Waals surface area contributed by atoms with Crippen LogP contribution in [0.5, 0.6) is 5.75 Å². The second-order valence-electron chi connectivity index (χ2n) is 7.11. The molecule has 1 aliphatic rings. The lowest BCUT2D eigenvalue weighted by molar-refractivity contribution is -0.133. The second kappa shape index (κ2) is 8.78. The van der Waals surface area contributed by atoms with Gasteiger partial charge in [0.05, 0.1) is 12.8 Å². The average molecular weight is 401 g/mol. The number of nitrogens with zero attached hydrogens (tertiary/aromatic N) is 1. The molecule has 6 nitrogen and oxygen atoms in total. The standard InChI is InChI=1S/C24H23N3O3/c1-2-30-21-13-12-17-10-6-7-11-18(17)20(21)15-26-27-24(29)22-19(14-25-23(22)28)16-8-4-3-5-9-16/h3-13,15,19,22H,2,14H2,1H3,(H,25,28)(H,27,29)/b26-15+. The van der Waals surface area contributed by atoms with Gasteiger partial charge < -0.3 is 10.1 Å². The Kier molecular flexibility index (Phi) is 5.75. The highest BCUT2D eigenvalue weighted by atomic mass is 16.5. The number of nitrogens with one attached hydrogen (secondary N) is 2. The lowest BCUT2D eigenvalue weighted by atomic mass is 9.88. The van der Waals surface area contributed by atoms with Gasteiger partial charge in [-0.1, -0.05) is 60.7 Å². The van der Waals surface area contributed by atoms with E-state index in [1.165, 1.54) is 0 Å². The Labute approximate surface area is 174 Å². The summed E-state index contributed by atoms with van der Waals surface area (Å²) in [5, 5.41) is 8.97. The van der Waals surface area contributed by atoms with Crippen LogP contribution >= 0.6 is 0 Å². The van der Waals surface area contributed by atoms with Crippen LogP contribution in [0.1, 0.15) is 24.0 Å². The van der Waals surface area contributed by atoms with Gasteiger partial charge in [-0.05, 0) is 29.3 Å². The number of hydrazone groups is 1. The van der Waals surface area contributed by atoms with E-state index in [9.17, 15) is 9.59 Å². The number of fused-ring (bicyclic) bond motifs is 1. The minimum Gasteiger partial charge on any atom is -0.493 e. The number of carbonyl (C=O) groups is 2. The van der Waals surface area contributed by atoms with E-state index >= 15 is 0 Å². The zero-order valence-corrected chi connectivity index (χ0v) is 16.7. The molecular weight excluding hydrogens is 378 g/mol. The minimum absolute atomic E-state index is 0.217. The fraction of sp³-hybridized carbons (Fsp3) is 0.208. The van der Waals surface area contributed by atoms with Crippen molar-refractivity contribution in [1.29, 1.82) is 0 Å². The van der Waals surface area contributed by atoms with Crippen molar-refractivity contribution >= 4 is 28.8 Å². The summed E-state index contributed by atoms with van der Waals surface area (Å²) in [6, 6.07) is 21.4. The molecule has 1 aliphatic heterocycles. The highest BCUT2D eigenvalue weighted by Gasteiger charge is 2.40. The van der Waals surface area contributed by atoms with Crippen molar-refractivity contribution in [3.05, 3.63) is 77.9 Å². The Bertz CT molecular complexity index is 1100. The van der Waals surface area contributed by atoms with Crippen LogP contribution in [0.15, 0.2) is 71.8 Å². The monoisotopic (exact) mass is 401 g/mol.